The van der Waals surface area contributed by atoms with Crippen LogP contribution in [-0.4, -0.2) is 4.92 Å². The molecule has 2 aromatic rings. The van der Waals surface area contributed by atoms with E-state index in [9.17, 15) is 36.5 Å². The van der Waals surface area contributed by atoms with Gasteiger partial charge in [-0.3, -0.25) is 10.1 Å². The van der Waals surface area contributed by atoms with Crippen molar-refractivity contribution in [2.75, 3.05) is 0 Å². The Kier molecular flexibility index (Phi) is 5.79. The van der Waals surface area contributed by atoms with Crippen LogP contribution in [0.25, 0.3) is 0 Å². The number of halogens is 6. The fraction of sp³-hybridized carbons (Fsp3) is 0.294. The number of nitro benzene ring substituents is 1. The zero-order valence-corrected chi connectivity index (χ0v) is 13.8. The molecule has 0 aliphatic carbocycles. The normalized spacial score (nSPS) is 12.3. The highest BCUT2D eigenvalue weighted by Gasteiger charge is 2.36. The number of aryl methyl sites for hydroxylation is 1. The first kappa shape index (κ1) is 20.7. The molecular formula is C17H13F6NO3. The molecule has 0 fully saturated rings. The Morgan fingerprint density at radius 2 is 1.48 bits per heavy atom. The quantitative estimate of drug-likeness (QED) is 0.374. The van der Waals surface area contributed by atoms with Crippen LogP contribution in [0, 0.1) is 17.0 Å². The van der Waals surface area contributed by atoms with Gasteiger partial charge < -0.3 is 4.74 Å². The number of nitro groups is 1. The van der Waals surface area contributed by atoms with E-state index in [1.807, 2.05) is 0 Å². The summed E-state index contributed by atoms with van der Waals surface area (Å²) in [5.41, 5.74) is -2.69. The molecule has 2 rings (SSSR count). The molecule has 27 heavy (non-hydrogen) atoms. The van der Waals surface area contributed by atoms with Gasteiger partial charge >= 0.3 is 12.4 Å². The maximum absolute atomic E-state index is 12.8. The number of rotatable bonds is 5. The third-order valence-corrected chi connectivity index (χ3v) is 3.61. The smallest absolute Gasteiger partial charge is 0.372 e. The molecule has 0 saturated carbocycles. The summed E-state index contributed by atoms with van der Waals surface area (Å²) >= 11 is 0. The van der Waals surface area contributed by atoms with Gasteiger partial charge in [0.15, 0.2) is 0 Å². The molecule has 0 radical (unpaired) electrons. The first-order valence-electron chi connectivity index (χ1n) is 7.48. The number of hydrogen-bond acceptors (Lipinski definition) is 3. The molecule has 0 spiro atoms. The zero-order valence-electron chi connectivity index (χ0n) is 13.8. The molecule has 0 aliphatic heterocycles. The molecule has 0 heterocycles. The SMILES string of the molecule is Cc1ccc(COCc2cc(C(F)(F)F)cc(C(F)(F)F)c2)c([N+](=O)[O-])c1. The zero-order chi connectivity index (χ0) is 20.4. The number of hydrogen-bond donors (Lipinski definition) is 0. The van der Waals surface area contributed by atoms with Crippen LogP contribution in [0.5, 0.6) is 0 Å². The van der Waals surface area contributed by atoms with E-state index in [2.05, 4.69) is 0 Å². The maximum Gasteiger partial charge on any atom is 0.416 e. The fourth-order valence-corrected chi connectivity index (χ4v) is 2.35. The van der Waals surface area contributed by atoms with Crippen molar-refractivity contribution < 1.29 is 36.0 Å². The molecule has 146 valence electrons. The molecule has 0 N–H and O–H groups in total. The van der Waals surface area contributed by atoms with Gasteiger partial charge in [-0.1, -0.05) is 6.07 Å². The summed E-state index contributed by atoms with van der Waals surface area (Å²) < 4.78 is 82.1. The lowest BCUT2D eigenvalue weighted by Crippen LogP contribution is -2.12. The maximum atomic E-state index is 12.8. The summed E-state index contributed by atoms with van der Waals surface area (Å²) in [5, 5.41) is 11.0. The van der Waals surface area contributed by atoms with Crippen LogP contribution >= 0.6 is 0 Å². The molecule has 0 bridgehead atoms. The Morgan fingerprint density at radius 1 is 0.926 bits per heavy atom. The number of ether oxygens (including phenoxy) is 1. The highest BCUT2D eigenvalue weighted by Crippen LogP contribution is 2.36. The van der Waals surface area contributed by atoms with Crippen LogP contribution in [0.1, 0.15) is 27.8 Å². The van der Waals surface area contributed by atoms with Crippen molar-refractivity contribution in [2.24, 2.45) is 0 Å². The van der Waals surface area contributed by atoms with Gasteiger partial charge in [-0.25, -0.2) is 0 Å². The monoisotopic (exact) mass is 393 g/mol. The van der Waals surface area contributed by atoms with E-state index in [1.165, 1.54) is 12.1 Å². The minimum atomic E-state index is -4.95. The Bertz CT molecular complexity index is 813. The molecule has 0 aromatic heterocycles. The molecule has 0 amide bonds. The van der Waals surface area contributed by atoms with Gasteiger partial charge in [0.1, 0.15) is 0 Å². The molecule has 0 saturated heterocycles. The third-order valence-electron chi connectivity index (χ3n) is 3.61. The first-order chi connectivity index (χ1) is 12.4. The van der Waals surface area contributed by atoms with Gasteiger partial charge in [-0.05, 0) is 42.3 Å². The second-order valence-corrected chi connectivity index (χ2v) is 5.80. The number of benzene rings is 2. The summed E-state index contributed by atoms with van der Waals surface area (Å²) in [7, 11) is 0. The summed E-state index contributed by atoms with van der Waals surface area (Å²) in [5.74, 6) is 0. The second-order valence-electron chi connectivity index (χ2n) is 5.80. The van der Waals surface area contributed by atoms with Crippen LogP contribution in [0.2, 0.25) is 0 Å². The van der Waals surface area contributed by atoms with Gasteiger partial charge in [-0.15, -0.1) is 0 Å². The van der Waals surface area contributed by atoms with E-state index >= 15 is 0 Å². The summed E-state index contributed by atoms with van der Waals surface area (Å²) in [4.78, 5) is 10.4. The lowest BCUT2D eigenvalue weighted by atomic mass is 10.1. The minimum absolute atomic E-state index is 0.0221. The predicted molar refractivity (Wildman–Crippen MR) is 82.8 cm³/mol. The van der Waals surface area contributed by atoms with Gasteiger partial charge in [0.05, 0.1) is 34.8 Å². The van der Waals surface area contributed by atoms with Crippen LogP contribution in [0.4, 0.5) is 32.0 Å². The highest BCUT2D eigenvalue weighted by molar-refractivity contribution is 5.42. The topological polar surface area (TPSA) is 52.4 Å². The van der Waals surface area contributed by atoms with Crippen molar-refractivity contribution in [2.45, 2.75) is 32.5 Å². The van der Waals surface area contributed by atoms with Gasteiger partial charge in [0, 0.05) is 6.07 Å². The molecule has 0 atom stereocenters. The Hall–Kier alpha value is -2.62. The van der Waals surface area contributed by atoms with Gasteiger partial charge in [0.25, 0.3) is 5.69 Å². The largest absolute Gasteiger partial charge is 0.416 e. The van der Waals surface area contributed by atoms with E-state index in [1.54, 1.807) is 13.0 Å². The Morgan fingerprint density at radius 3 is 1.96 bits per heavy atom. The van der Waals surface area contributed by atoms with Crippen molar-refractivity contribution >= 4 is 5.69 Å². The van der Waals surface area contributed by atoms with Crippen LogP contribution in [-0.2, 0) is 30.3 Å². The average Bonchev–Trinajstić information content (AvgIpc) is 2.54. The molecule has 2 aromatic carbocycles. The molecule has 10 heteroatoms. The lowest BCUT2D eigenvalue weighted by Gasteiger charge is -2.14. The molecular weight excluding hydrogens is 380 g/mol. The first-order valence-corrected chi connectivity index (χ1v) is 7.48. The summed E-state index contributed by atoms with van der Waals surface area (Å²) in [6, 6.07) is 5.43. The second kappa shape index (κ2) is 7.55. The van der Waals surface area contributed by atoms with Crippen molar-refractivity contribution in [3.8, 4) is 0 Å². The van der Waals surface area contributed by atoms with Gasteiger partial charge in [0.2, 0.25) is 0 Å². The number of alkyl halides is 6. The van der Waals surface area contributed by atoms with Crippen molar-refractivity contribution in [3.05, 3.63) is 74.3 Å². The van der Waals surface area contributed by atoms with E-state index in [0.717, 1.165) is 0 Å². The standard InChI is InChI=1S/C17H13F6NO3/c1-10-2-3-12(15(4-10)24(25)26)9-27-8-11-5-13(16(18,19)20)7-14(6-11)17(21,22)23/h2-7H,8-9H2,1H3. The van der Waals surface area contributed by atoms with Crippen LogP contribution < -0.4 is 0 Å². The fourth-order valence-electron chi connectivity index (χ4n) is 2.35. The number of nitrogens with zero attached hydrogens (tertiary/aromatic N) is 1. The van der Waals surface area contributed by atoms with Crippen LogP contribution in [0.15, 0.2) is 36.4 Å². The molecule has 0 aliphatic rings. The average molecular weight is 393 g/mol. The Balaban J connectivity index is 2.22. The van der Waals surface area contributed by atoms with E-state index < -0.39 is 35.0 Å². The lowest BCUT2D eigenvalue weighted by molar-refractivity contribution is -0.386. The highest BCUT2D eigenvalue weighted by atomic mass is 19.4. The Labute approximate surface area is 149 Å². The van der Waals surface area contributed by atoms with Crippen molar-refractivity contribution in [1.82, 2.24) is 0 Å². The van der Waals surface area contributed by atoms with E-state index in [0.29, 0.717) is 17.7 Å². The van der Waals surface area contributed by atoms with Gasteiger partial charge in [-0.2, -0.15) is 26.3 Å². The van der Waals surface area contributed by atoms with Crippen molar-refractivity contribution in [3.63, 3.8) is 0 Å². The summed E-state index contributed by atoms with van der Waals surface area (Å²) in [6.45, 7) is 0.727. The molecule has 4 nitrogen and oxygen atoms in total. The minimum Gasteiger partial charge on any atom is -0.372 e. The van der Waals surface area contributed by atoms with E-state index in [-0.39, 0.29) is 29.5 Å². The van der Waals surface area contributed by atoms with Crippen molar-refractivity contribution in [1.29, 1.82) is 0 Å². The predicted octanol–water partition coefficient (Wildman–Crippen LogP) is 5.66. The van der Waals surface area contributed by atoms with E-state index in [4.69, 9.17) is 4.74 Å². The molecule has 0 unspecified atom stereocenters. The third kappa shape index (κ3) is 5.43. The van der Waals surface area contributed by atoms with Crippen LogP contribution in [0.3, 0.4) is 0 Å². The summed E-state index contributed by atoms with van der Waals surface area (Å²) in [6.07, 6.45) is -9.91.